The Morgan fingerprint density at radius 2 is 1.64 bits per heavy atom. The van der Waals surface area contributed by atoms with Gasteiger partial charge in [0.1, 0.15) is 12.4 Å². The van der Waals surface area contributed by atoms with Crippen LogP contribution in [0.15, 0.2) is 78.9 Å². The molecule has 3 amide bonds. The number of anilines is 1. The van der Waals surface area contributed by atoms with Gasteiger partial charge in [0.25, 0.3) is 5.91 Å². The molecule has 0 aromatic heterocycles. The van der Waals surface area contributed by atoms with E-state index < -0.39 is 5.91 Å². The highest BCUT2D eigenvalue weighted by Crippen LogP contribution is 2.19. The third-order valence-corrected chi connectivity index (χ3v) is 5.15. The van der Waals surface area contributed by atoms with E-state index in [-0.39, 0.29) is 24.7 Å². The molecular weight excluding hydrogens is 422 g/mol. The number of ether oxygens (including phenoxy) is 2. The van der Waals surface area contributed by atoms with E-state index in [0.717, 1.165) is 5.56 Å². The van der Waals surface area contributed by atoms with Gasteiger partial charge in [0.2, 0.25) is 5.91 Å². The van der Waals surface area contributed by atoms with Gasteiger partial charge in [-0.1, -0.05) is 30.3 Å². The fourth-order valence-corrected chi connectivity index (χ4v) is 3.41. The van der Waals surface area contributed by atoms with Crippen molar-refractivity contribution in [1.82, 2.24) is 4.90 Å². The summed E-state index contributed by atoms with van der Waals surface area (Å²) in [6.45, 7) is 1.16. The highest BCUT2D eigenvalue weighted by atomic mass is 16.6. The maximum atomic E-state index is 12.4. The number of nitrogens with two attached hydrogens (primary N) is 1. The van der Waals surface area contributed by atoms with Crippen LogP contribution in [0, 0.1) is 0 Å². The molecule has 0 aliphatic carbocycles. The summed E-state index contributed by atoms with van der Waals surface area (Å²) in [6.07, 6.45) is -0.726. The van der Waals surface area contributed by atoms with Crippen molar-refractivity contribution in [2.45, 2.75) is 12.6 Å². The van der Waals surface area contributed by atoms with Crippen LogP contribution < -0.4 is 15.8 Å². The maximum Gasteiger partial charge on any atom is 0.410 e. The maximum absolute atomic E-state index is 12.4. The van der Waals surface area contributed by atoms with Crippen LogP contribution in [0.1, 0.15) is 26.3 Å². The quantitative estimate of drug-likeness (QED) is 0.552. The predicted molar refractivity (Wildman–Crippen MR) is 122 cm³/mol. The molecule has 8 nitrogen and oxygen atoms in total. The first kappa shape index (κ1) is 21.9. The number of carbonyl (C=O) groups is 3. The highest BCUT2D eigenvalue weighted by Gasteiger charge is 2.31. The Morgan fingerprint density at radius 3 is 2.30 bits per heavy atom. The Balaban J connectivity index is 1.27. The lowest BCUT2D eigenvalue weighted by Crippen LogP contribution is -2.26. The second-order valence-electron chi connectivity index (χ2n) is 7.60. The summed E-state index contributed by atoms with van der Waals surface area (Å²) in [5.74, 6) is -0.260. The first-order valence-corrected chi connectivity index (χ1v) is 10.4. The van der Waals surface area contributed by atoms with Crippen molar-refractivity contribution in [3.63, 3.8) is 0 Å². The van der Waals surface area contributed by atoms with Gasteiger partial charge in [-0.3, -0.25) is 9.59 Å². The van der Waals surface area contributed by atoms with Crippen molar-refractivity contribution in [3.05, 3.63) is 95.6 Å². The topological polar surface area (TPSA) is 111 Å². The fraction of sp³-hybridized carbons (Fsp3) is 0.160. The Kier molecular flexibility index (Phi) is 6.54. The molecule has 33 heavy (non-hydrogen) atoms. The molecule has 4 rings (SSSR count). The zero-order valence-electron chi connectivity index (χ0n) is 17.8. The van der Waals surface area contributed by atoms with E-state index in [1.54, 1.807) is 53.4 Å². The lowest BCUT2D eigenvalue weighted by Gasteiger charge is -2.13. The van der Waals surface area contributed by atoms with Crippen LogP contribution in [-0.2, 0) is 11.3 Å². The van der Waals surface area contributed by atoms with Gasteiger partial charge in [-0.25, -0.2) is 4.79 Å². The Bertz CT molecular complexity index is 1130. The van der Waals surface area contributed by atoms with E-state index >= 15 is 0 Å². The summed E-state index contributed by atoms with van der Waals surface area (Å²) < 4.78 is 11.1. The van der Waals surface area contributed by atoms with Crippen LogP contribution >= 0.6 is 0 Å². The minimum Gasteiger partial charge on any atom is -0.490 e. The molecule has 0 saturated carbocycles. The molecule has 0 bridgehead atoms. The smallest absolute Gasteiger partial charge is 0.410 e. The van der Waals surface area contributed by atoms with Crippen LogP contribution in [0.25, 0.3) is 0 Å². The predicted octanol–water partition coefficient (Wildman–Crippen LogP) is 3.44. The van der Waals surface area contributed by atoms with E-state index in [9.17, 15) is 14.4 Å². The summed E-state index contributed by atoms with van der Waals surface area (Å²) in [7, 11) is 0. The second-order valence-corrected chi connectivity index (χ2v) is 7.60. The third-order valence-electron chi connectivity index (χ3n) is 5.15. The molecule has 1 fully saturated rings. The second kappa shape index (κ2) is 9.86. The average molecular weight is 445 g/mol. The van der Waals surface area contributed by atoms with E-state index in [1.165, 1.54) is 0 Å². The summed E-state index contributed by atoms with van der Waals surface area (Å²) in [6, 6.07) is 22.7. The molecule has 8 heteroatoms. The molecule has 3 N–H and O–H groups in total. The lowest BCUT2D eigenvalue weighted by atomic mass is 10.1. The number of hydrogen-bond donors (Lipinski definition) is 2. The average Bonchev–Trinajstić information content (AvgIpc) is 3.18. The molecule has 1 heterocycles. The SMILES string of the molecule is NC(=O)c1ccc(NC(=O)c2ccc(OCC3CN(Cc4ccccc4)C(=O)O3)cc2)cc1. The number of carbonyl (C=O) groups excluding carboxylic acids is 3. The van der Waals surface area contributed by atoms with Crippen LogP contribution in [0.5, 0.6) is 5.75 Å². The van der Waals surface area contributed by atoms with Crippen molar-refractivity contribution in [2.75, 3.05) is 18.5 Å². The Labute approximate surface area is 190 Å². The van der Waals surface area contributed by atoms with Gasteiger partial charge in [-0.15, -0.1) is 0 Å². The minimum atomic E-state index is -0.528. The number of benzene rings is 3. The third kappa shape index (κ3) is 5.68. The van der Waals surface area contributed by atoms with Crippen molar-refractivity contribution < 1.29 is 23.9 Å². The lowest BCUT2D eigenvalue weighted by molar-refractivity contribution is 0.0998. The molecule has 1 saturated heterocycles. The zero-order chi connectivity index (χ0) is 23.2. The number of nitrogens with zero attached hydrogens (tertiary/aromatic N) is 1. The van der Waals surface area contributed by atoms with E-state index in [1.807, 2.05) is 30.3 Å². The van der Waals surface area contributed by atoms with Crippen molar-refractivity contribution >= 4 is 23.6 Å². The molecule has 1 aliphatic heterocycles. The molecule has 0 radical (unpaired) electrons. The fourth-order valence-electron chi connectivity index (χ4n) is 3.41. The molecule has 3 aromatic carbocycles. The van der Waals surface area contributed by atoms with Gasteiger partial charge in [-0.2, -0.15) is 0 Å². The molecule has 1 atom stereocenters. The normalized spacial score (nSPS) is 15.1. The van der Waals surface area contributed by atoms with Crippen LogP contribution in [0.2, 0.25) is 0 Å². The van der Waals surface area contributed by atoms with E-state index in [0.29, 0.717) is 35.7 Å². The summed E-state index contributed by atoms with van der Waals surface area (Å²) in [4.78, 5) is 37.3. The number of amides is 3. The van der Waals surface area contributed by atoms with Crippen molar-refractivity contribution in [1.29, 1.82) is 0 Å². The van der Waals surface area contributed by atoms with Gasteiger partial charge in [0.15, 0.2) is 6.10 Å². The summed E-state index contributed by atoms with van der Waals surface area (Å²) in [5, 5.41) is 2.76. The highest BCUT2D eigenvalue weighted by molar-refractivity contribution is 6.04. The molecule has 168 valence electrons. The van der Waals surface area contributed by atoms with Gasteiger partial charge in [0.05, 0.1) is 6.54 Å². The zero-order valence-corrected chi connectivity index (χ0v) is 17.8. The summed E-state index contributed by atoms with van der Waals surface area (Å²) in [5.41, 5.74) is 7.61. The number of cyclic esters (lactones) is 1. The van der Waals surface area contributed by atoms with Crippen LogP contribution in [0.3, 0.4) is 0 Å². The van der Waals surface area contributed by atoms with Gasteiger partial charge >= 0.3 is 6.09 Å². The monoisotopic (exact) mass is 445 g/mol. The Morgan fingerprint density at radius 1 is 0.970 bits per heavy atom. The minimum absolute atomic E-state index is 0.217. The molecule has 0 spiro atoms. The Hall–Kier alpha value is -4.33. The van der Waals surface area contributed by atoms with Gasteiger partial charge in [0, 0.05) is 23.4 Å². The van der Waals surface area contributed by atoms with Gasteiger partial charge in [-0.05, 0) is 54.1 Å². The number of rotatable bonds is 8. The first-order valence-electron chi connectivity index (χ1n) is 10.4. The molecule has 3 aromatic rings. The first-order chi connectivity index (χ1) is 16.0. The van der Waals surface area contributed by atoms with E-state index in [4.69, 9.17) is 15.2 Å². The van der Waals surface area contributed by atoms with Crippen LogP contribution in [0.4, 0.5) is 10.5 Å². The van der Waals surface area contributed by atoms with Crippen molar-refractivity contribution in [3.8, 4) is 5.75 Å². The summed E-state index contributed by atoms with van der Waals surface area (Å²) >= 11 is 0. The number of primary amides is 1. The molecule has 1 unspecified atom stereocenters. The number of hydrogen-bond acceptors (Lipinski definition) is 5. The molecule has 1 aliphatic rings. The van der Waals surface area contributed by atoms with Crippen molar-refractivity contribution in [2.24, 2.45) is 5.73 Å². The van der Waals surface area contributed by atoms with Crippen LogP contribution in [-0.4, -0.2) is 42.1 Å². The standard InChI is InChI=1S/C25H23N3O5/c26-23(29)18-6-10-20(11-7-18)27-24(30)19-8-12-21(13-9-19)32-16-22-15-28(25(31)33-22)14-17-4-2-1-3-5-17/h1-13,22H,14-16H2,(H2,26,29)(H,27,30). The largest absolute Gasteiger partial charge is 0.490 e. The van der Waals surface area contributed by atoms with E-state index in [2.05, 4.69) is 5.32 Å². The van der Waals surface area contributed by atoms with Gasteiger partial charge < -0.3 is 25.4 Å². The number of nitrogens with one attached hydrogen (secondary N) is 1. The molecular formula is C25H23N3O5.